The van der Waals surface area contributed by atoms with Crippen LogP contribution in [0.4, 0.5) is 0 Å². The lowest BCUT2D eigenvalue weighted by Crippen LogP contribution is -2.34. The molecule has 4 heteroatoms. The molecule has 0 aliphatic heterocycles. The molecule has 0 spiro atoms. The molecule has 20 heavy (non-hydrogen) atoms. The number of benzene rings is 1. The summed E-state index contributed by atoms with van der Waals surface area (Å²) >= 11 is 0. The lowest BCUT2D eigenvalue weighted by Gasteiger charge is -2.19. The molecule has 0 radical (unpaired) electrons. The number of furan rings is 2. The molecular weight excluding hydrogens is 254 g/mol. The zero-order chi connectivity index (χ0) is 14.7. The molecule has 3 N–H and O–H groups in total. The highest BCUT2D eigenvalue weighted by Crippen LogP contribution is 2.41. The van der Waals surface area contributed by atoms with Crippen molar-refractivity contribution in [1.82, 2.24) is 0 Å². The maximum atomic E-state index is 10.4. The molecule has 3 aromatic rings. The average Bonchev–Trinajstić information content (AvgIpc) is 2.86. The van der Waals surface area contributed by atoms with E-state index in [1.807, 2.05) is 39.8 Å². The summed E-state index contributed by atoms with van der Waals surface area (Å²) in [5, 5.41) is 11.9. The van der Waals surface area contributed by atoms with Gasteiger partial charge in [-0.1, -0.05) is 0 Å². The topological polar surface area (TPSA) is 72.5 Å². The highest BCUT2D eigenvalue weighted by molar-refractivity contribution is 6.04. The van der Waals surface area contributed by atoms with Crippen LogP contribution >= 0.6 is 0 Å². The molecular formula is C16H19NO3. The van der Waals surface area contributed by atoms with Crippen LogP contribution in [-0.2, 0) is 6.42 Å². The number of rotatable bonds is 2. The molecule has 3 rings (SSSR count). The Kier molecular flexibility index (Phi) is 2.63. The maximum Gasteiger partial charge on any atom is 0.177 e. The molecule has 0 amide bonds. The summed E-state index contributed by atoms with van der Waals surface area (Å²) in [7, 11) is 0. The Hall–Kier alpha value is -1.94. The lowest BCUT2D eigenvalue weighted by molar-refractivity contribution is 0.465. The van der Waals surface area contributed by atoms with Crippen molar-refractivity contribution in [3.05, 3.63) is 29.2 Å². The van der Waals surface area contributed by atoms with E-state index in [0.717, 1.165) is 22.5 Å². The van der Waals surface area contributed by atoms with E-state index >= 15 is 0 Å². The summed E-state index contributed by atoms with van der Waals surface area (Å²) in [4.78, 5) is 0. The van der Waals surface area contributed by atoms with Gasteiger partial charge in [-0.15, -0.1) is 0 Å². The third kappa shape index (κ3) is 1.96. The van der Waals surface area contributed by atoms with E-state index in [4.69, 9.17) is 14.6 Å². The van der Waals surface area contributed by atoms with E-state index in [1.165, 1.54) is 0 Å². The van der Waals surface area contributed by atoms with Crippen molar-refractivity contribution in [3.63, 3.8) is 0 Å². The molecule has 0 bridgehead atoms. The number of hydrogen-bond donors (Lipinski definition) is 2. The molecule has 0 aliphatic carbocycles. The Morgan fingerprint density at radius 1 is 1.05 bits per heavy atom. The highest BCUT2D eigenvalue weighted by Gasteiger charge is 2.23. The smallest absolute Gasteiger partial charge is 0.177 e. The summed E-state index contributed by atoms with van der Waals surface area (Å²) < 4.78 is 11.4. The molecule has 0 fully saturated rings. The summed E-state index contributed by atoms with van der Waals surface area (Å²) in [6, 6.07) is 3.75. The second-order valence-electron chi connectivity index (χ2n) is 6.19. The fourth-order valence-electron chi connectivity index (χ4n) is 2.70. The molecule has 0 aliphatic rings. The standard InChI is InChI=1S/C16H19NO3/c1-8-5-10-12(7-16(3,4)17)14-11(6-9(2)19-14)13(18)15(10)20-8/h5-6,18H,7,17H2,1-4H3. The Bertz CT molecular complexity index is 745. The predicted octanol–water partition coefficient (Wildman–Crippen LogP) is 3.78. The number of aryl methyl sites for hydroxylation is 2. The average molecular weight is 273 g/mol. The zero-order valence-corrected chi connectivity index (χ0v) is 12.2. The van der Waals surface area contributed by atoms with Gasteiger partial charge in [0.15, 0.2) is 11.3 Å². The van der Waals surface area contributed by atoms with E-state index in [2.05, 4.69) is 0 Å². The van der Waals surface area contributed by atoms with Crippen LogP contribution in [0.25, 0.3) is 21.9 Å². The van der Waals surface area contributed by atoms with Crippen LogP contribution in [-0.4, -0.2) is 10.6 Å². The summed E-state index contributed by atoms with van der Waals surface area (Å²) in [5.41, 5.74) is 8.00. The summed E-state index contributed by atoms with van der Waals surface area (Å²) in [6.45, 7) is 7.67. The Morgan fingerprint density at radius 3 is 2.20 bits per heavy atom. The number of phenolic OH excluding ortho intramolecular Hbond substituents is 1. The summed E-state index contributed by atoms with van der Waals surface area (Å²) in [5.74, 6) is 1.66. The second-order valence-corrected chi connectivity index (χ2v) is 6.19. The monoisotopic (exact) mass is 273 g/mol. The minimum absolute atomic E-state index is 0.138. The largest absolute Gasteiger partial charge is 0.504 e. The number of phenols is 1. The number of hydrogen-bond acceptors (Lipinski definition) is 4. The molecule has 0 unspecified atom stereocenters. The van der Waals surface area contributed by atoms with Crippen LogP contribution in [0.2, 0.25) is 0 Å². The minimum atomic E-state index is -0.372. The van der Waals surface area contributed by atoms with Crippen LogP contribution in [0.15, 0.2) is 21.0 Å². The van der Waals surface area contributed by atoms with E-state index < -0.39 is 0 Å². The van der Waals surface area contributed by atoms with Gasteiger partial charge in [0.2, 0.25) is 0 Å². The normalized spacial score (nSPS) is 12.7. The third-order valence-electron chi connectivity index (χ3n) is 3.41. The van der Waals surface area contributed by atoms with Gasteiger partial charge >= 0.3 is 0 Å². The quantitative estimate of drug-likeness (QED) is 0.745. The minimum Gasteiger partial charge on any atom is -0.504 e. The number of nitrogens with two attached hydrogens (primary N) is 1. The fraction of sp³-hybridized carbons (Fsp3) is 0.375. The van der Waals surface area contributed by atoms with Crippen LogP contribution < -0.4 is 5.73 Å². The van der Waals surface area contributed by atoms with E-state index in [1.54, 1.807) is 0 Å². The van der Waals surface area contributed by atoms with Crippen molar-refractivity contribution >= 4 is 21.9 Å². The van der Waals surface area contributed by atoms with Crippen molar-refractivity contribution in [2.45, 2.75) is 39.7 Å². The second kappa shape index (κ2) is 4.03. The maximum absolute atomic E-state index is 10.4. The number of aromatic hydroxyl groups is 1. The molecule has 2 aromatic heterocycles. The lowest BCUT2D eigenvalue weighted by atomic mass is 9.92. The molecule has 4 nitrogen and oxygen atoms in total. The highest BCUT2D eigenvalue weighted by atomic mass is 16.4. The zero-order valence-electron chi connectivity index (χ0n) is 12.2. The molecule has 2 heterocycles. The van der Waals surface area contributed by atoms with Crippen LogP contribution in [0.3, 0.4) is 0 Å². The molecule has 1 aromatic carbocycles. The summed E-state index contributed by atoms with van der Waals surface area (Å²) in [6.07, 6.45) is 0.645. The van der Waals surface area contributed by atoms with Gasteiger partial charge in [-0.3, -0.25) is 0 Å². The Balaban J connectivity index is 2.44. The van der Waals surface area contributed by atoms with Crippen molar-refractivity contribution in [2.75, 3.05) is 0 Å². The van der Waals surface area contributed by atoms with Gasteiger partial charge in [0.25, 0.3) is 0 Å². The fourth-order valence-corrected chi connectivity index (χ4v) is 2.70. The Labute approximate surface area is 117 Å². The number of fused-ring (bicyclic) bond motifs is 2. The van der Waals surface area contributed by atoms with Gasteiger partial charge in [-0.25, -0.2) is 0 Å². The first kappa shape index (κ1) is 13.1. The molecule has 106 valence electrons. The molecule has 0 saturated heterocycles. The van der Waals surface area contributed by atoms with Gasteiger partial charge in [0.05, 0.1) is 5.39 Å². The first-order valence-electron chi connectivity index (χ1n) is 6.69. The van der Waals surface area contributed by atoms with Gasteiger partial charge < -0.3 is 19.7 Å². The van der Waals surface area contributed by atoms with Crippen molar-refractivity contribution in [3.8, 4) is 5.75 Å². The van der Waals surface area contributed by atoms with Crippen molar-refractivity contribution in [2.24, 2.45) is 5.73 Å². The first-order valence-corrected chi connectivity index (χ1v) is 6.69. The Morgan fingerprint density at radius 2 is 1.60 bits per heavy atom. The van der Waals surface area contributed by atoms with Crippen LogP contribution in [0, 0.1) is 13.8 Å². The van der Waals surface area contributed by atoms with E-state index in [9.17, 15) is 5.11 Å². The van der Waals surface area contributed by atoms with E-state index in [-0.39, 0.29) is 11.3 Å². The first-order chi connectivity index (χ1) is 9.26. The van der Waals surface area contributed by atoms with Gasteiger partial charge in [0, 0.05) is 16.5 Å². The SMILES string of the molecule is Cc1cc2c(CC(C)(C)N)c3oc(C)cc3c(O)c2o1. The predicted molar refractivity (Wildman–Crippen MR) is 79.1 cm³/mol. The molecule has 0 atom stereocenters. The molecule has 0 saturated carbocycles. The van der Waals surface area contributed by atoms with Gasteiger partial charge in [-0.05, 0) is 46.2 Å². The van der Waals surface area contributed by atoms with Crippen LogP contribution in [0.1, 0.15) is 30.9 Å². The van der Waals surface area contributed by atoms with Crippen molar-refractivity contribution < 1.29 is 13.9 Å². The van der Waals surface area contributed by atoms with Crippen LogP contribution in [0.5, 0.6) is 5.75 Å². The van der Waals surface area contributed by atoms with Gasteiger partial charge in [0.1, 0.15) is 17.1 Å². The van der Waals surface area contributed by atoms with E-state index in [0.29, 0.717) is 23.0 Å². The van der Waals surface area contributed by atoms with Gasteiger partial charge in [-0.2, -0.15) is 0 Å². The third-order valence-corrected chi connectivity index (χ3v) is 3.41. The van der Waals surface area contributed by atoms with Crippen molar-refractivity contribution in [1.29, 1.82) is 0 Å².